The molecule has 0 saturated heterocycles. The molecule has 1 nitrogen and oxygen atoms in total. The lowest BCUT2D eigenvalue weighted by atomic mass is 9.60. The highest BCUT2D eigenvalue weighted by atomic mass is 16.5. The highest BCUT2D eigenvalue weighted by Gasteiger charge is 2.62. The predicted octanol–water partition coefficient (Wildman–Crippen LogP) is 3.01. The molecule has 0 radical (unpaired) electrons. The standard InChI is InChI=1S/C13H20O/c1-8-10-7-9-5-4-6-13(8,2)11(9)12(10)14-3/h9-12H,1,4-7H2,2-3H3. The number of fused-ring (bicyclic) bond motifs is 1. The summed E-state index contributed by atoms with van der Waals surface area (Å²) < 4.78 is 5.71. The van der Waals surface area contributed by atoms with Gasteiger partial charge in [0.1, 0.15) is 0 Å². The van der Waals surface area contributed by atoms with Crippen molar-refractivity contribution in [2.24, 2.45) is 23.2 Å². The Labute approximate surface area is 86.5 Å². The monoisotopic (exact) mass is 192 g/mol. The molecule has 5 unspecified atom stereocenters. The van der Waals surface area contributed by atoms with Gasteiger partial charge in [-0.2, -0.15) is 0 Å². The van der Waals surface area contributed by atoms with Crippen molar-refractivity contribution in [2.75, 3.05) is 7.11 Å². The van der Waals surface area contributed by atoms with Gasteiger partial charge in [-0.25, -0.2) is 0 Å². The van der Waals surface area contributed by atoms with Gasteiger partial charge in [-0.05, 0) is 36.5 Å². The average molecular weight is 192 g/mol. The molecular formula is C13H20O. The van der Waals surface area contributed by atoms with Crippen LogP contribution in [0, 0.1) is 23.2 Å². The molecule has 0 amide bonds. The van der Waals surface area contributed by atoms with Crippen molar-refractivity contribution in [3.05, 3.63) is 12.2 Å². The second kappa shape index (κ2) is 2.63. The second-order valence-electron chi connectivity index (χ2n) is 5.66. The van der Waals surface area contributed by atoms with E-state index >= 15 is 0 Å². The second-order valence-corrected chi connectivity index (χ2v) is 5.66. The van der Waals surface area contributed by atoms with Gasteiger partial charge in [0, 0.05) is 13.0 Å². The summed E-state index contributed by atoms with van der Waals surface area (Å²) in [4.78, 5) is 0. The molecule has 2 bridgehead atoms. The van der Waals surface area contributed by atoms with Crippen molar-refractivity contribution in [3.63, 3.8) is 0 Å². The normalized spacial score (nSPS) is 55.4. The zero-order valence-electron chi connectivity index (χ0n) is 9.25. The maximum Gasteiger partial charge on any atom is 0.0675 e. The Hall–Kier alpha value is -0.300. The van der Waals surface area contributed by atoms with E-state index in [0.717, 1.165) is 11.8 Å². The SMILES string of the molecule is C=C1C2CC3CCCC1(C)C3C2OC. The topological polar surface area (TPSA) is 9.23 Å². The molecule has 0 aromatic rings. The van der Waals surface area contributed by atoms with Gasteiger partial charge in [0.15, 0.2) is 0 Å². The molecule has 78 valence electrons. The summed E-state index contributed by atoms with van der Waals surface area (Å²) in [7, 11) is 1.88. The van der Waals surface area contributed by atoms with Crippen molar-refractivity contribution >= 4 is 0 Å². The summed E-state index contributed by atoms with van der Waals surface area (Å²) in [5, 5.41) is 0. The Bertz CT molecular complexity index is 283. The molecule has 0 heterocycles. The van der Waals surface area contributed by atoms with Crippen LogP contribution >= 0.6 is 0 Å². The molecule has 3 aliphatic carbocycles. The molecule has 0 aromatic carbocycles. The number of hydrogen-bond donors (Lipinski definition) is 0. The van der Waals surface area contributed by atoms with E-state index in [1.54, 1.807) is 0 Å². The minimum absolute atomic E-state index is 0.423. The summed E-state index contributed by atoms with van der Waals surface area (Å²) in [5.74, 6) is 2.41. The molecule has 0 N–H and O–H groups in total. The lowest BCUT2D eigenvalue weighted by Crippen LogP contribution is -2.37. The first-order valence-corrected chi connectivity index (χ1v) is 5.90. The third kappa shape index (κ3) is 0.809. The van der Waals surface area contributed by atoms with Crippen LogP contribution in [0.3, 0.4) is 0 Å². The summed E-state index contributed by atoms with van der Waals surface area (Å²) in [6, 6.07) is 0. The molecule has 14 heavy (non-hydrogen) atoms. The molecule has 0 aromatic heterocycles. The number of ether oxygens (including phenoxy) is 1. The Morgan fingerprint density at radius 2 is 2.29 bits per heavy atom. The third-order valence-corrected chi connectivity index (χ3v) is 5.28. The van der Waals surface area contributed by atoms with Crippen molar-refractivity contribution < 1.29 is 4.74 Å². The molecule has 3 saturated carbocycles. The van der Waals surface area contributed by atoms with Gasteiger partial charge >= 0.3 is 0 Å². The fourth-order valence-electron chi connectivity index (χ4n) is 4.65. The lowest BCUT2D eigenvalue weighted by molar-refractivity contribution is 0.0147. The summed E-state index contributed by atoms with van der Waals surface area (Å²) >= 11 is 0. The zero-order chi connectivity index (χ0) is 9.92. The van der Waals surface area contributed by atoms with Crippen LogP contribution < -0.4 is 0 Å². The molecule has 3 rings (SSSR count). The van der Waals surface area contributed by atoms with Gasteiger partial charge in [0.25, 0.3) is 0 Å². The van der Waals surface area contributed by atoms with Gasteiger partial charge in [-0.1, -0.05) is 25.5 Å². The fraction of sp³-hybridized carbons (Fsp3) is 0.846. The molecule has 0 aliphatic heterocycles. The molecule has 0 spiro atoms. The van der Waals surface area contributed by atoms with E-state index in [9.17, 15) is 0 Å². The maximum atomic E-state index is 5.71. The first-order valence-electron chi connectivity index (χ1n) is 5.90. The van der Waals surface area contributed by atoms with Crippen molar-refractivity contribution in [2.45, 2.75) is 38.7 Å². The number of rotatable bonds is 1. The Morgan fingerprint density at radius 3 is 2.93 bits per heavy atom. The smallest absolute Gasteiger partial charge is 0.0675 e. The fourth-order valence-corrected chi connectivity index (χ4v) is 4.65. The largest absolute Gasteiger partial charge is 0.381 e. The molecule has 3 fully saturated rings. The van der Waals surface area contributed by atoms with E-state index in [1.807, 2.05) is 7.11 Å². The van der Waals surface area contributed by atoms with E-state index < -0.39 is 0 Å². The van der Waals surface area contributed by atoms with Crippen LogP contribution in [0.1, 0.15) is 32.6 Å². The third-order valence-electron chi connectivity index (χ3n) is 5.28. The van der Waals surface area contributed by atoms with Crippen LogP contribution in [0.25, 0.3) is 0 Å². The molecule has 1 heteroatoms. The minimum atomic E-state index is 0.423. The summed E-state index contributed by atoms with van der Waals surface area (Å²) in [6.45, 7) is 6.78. The van der Waals surface area contributed by atoms with E-state index in [4.69, 9.17) is 4.74 Å². The van der Waals surface area contributed by atoms with E-state index in [2.05, 4.69) is 13.5 Å². The van der Waals surface area contributed by atoms with Crippen molar-refractivity contribution in [1.82, 2.24) is 0 Å². The quantitative estimate of drug-likeness (QED) is 0.580. The minimum Gasteiger partial charge on any atom is -0.381 e. The first-order chi connectivity index (χ1) is 6.68. The van der Waals surface area contributed by atoms with Gasteiger partial charge < -0.3 is 4.74 Å². The summed E-state index contributed by atoms with van der Waals surface area (Å²) in [5.41, 5.74) is 1.93. The van der Waals surface area contributed by atoms with Crippen LogP contribution in [-0.2, 0) is 4.74 Å². The number of methoxy groups -OCH3 is 1. The van der Waals surface area contributed by atoms with Gasteiger partial charge in [0.05, 0.1) is 6.10 Å². The molecular weight excluding hydrogens is 172 g/mol. The van der Waals surface area contributed by atoms with Gasteiger partial charge in [-0.15, -0.1) is 0 Å². The maximum absolute atomic E-state index is 5.71. The van der Waals surface area contributed by atoms with Crippen molar-refractivity contribution in [3.8, 4) is 0 Å². The van der Waals surface area contributed by atoms with Crippen LogP contribution in [-0.4, -0.2) is 13.2 Å². The van der Waals surface area contributed by atoms with Crippen LogP contribution in [0.4, 0.5) is 0 Å². The van der Waals surface area contributed by atoms with Gasteiger partial charge in [0.2, 0.25) is 0 Å². The Balaban J connectivity index is 2.04. The van der Waals surface area contributed by atoms with E-state index in [0.29, 0.717) is 17.4 Å². The highest BCUT2D eigenvalue weighted by molar-refractivity contribution is 5.30. The predicted molar refractivity (Wildman–Crippen MR) is 57.0 cm³/mol. The zero-order valence-corrected chi connectivity index (χ0v) is 9.25. The van der Waals surface area contributed by atoms with Crippen LogP contribution in [0.2, 0.25) is 0 Å². The van der Waals surface area contributed by atoms with Crippen LogP contribution in [0.15, 0.2) is 12.2 Å². The van der Waals surface area contributed by atoms with E-state index in [-0.39, 0.29) is 0 Å². The lowest BCUT2D eigenvalue weighted by Gasteiger charge is -2.44. The summed E-state index contributed by atoms with van der Waals surface area (Å²) in [6.07, 6.45) is 6.04. The van der Waals surface area contributed by atoms with Crippen molar-refractivity contribution in [1.29, 1.82) is 0 Å². The Kier molecular flexibility index (Phi) is 1.69. The highest BCUT2D eigenvalue weighted by Crippen LogP contribution is 2.66. The molecule has 5 atom stereocenters. The molecule has 3 aliphatic rings. The van der Waals surface area contributed by atoms with Crippen LogP contribution in [0.5, 0.6) is 0 Å². The Morgan fingerprint density at radius 1 is 1.50 bits per heavy atom. The average Bonchev–Trinajstić information content (AvgIpc) is 2.63. The van der Waals surface area contributed by atoms with Gasteiger partial charge in [-0.3, -0.25) is 0 Å². The number of hydrogen-bond acceptors (Lipinski definition) is 1. The first kappa shape index (κ1) is 8.96. The van der Waals surface area contributed by atoms with E-state index in [1.165, 1.54) is 31.3 Å².